The number of hydrogen-bond acceptors (Lipinski definition) is 10. The number of benzene rings is 4. The van der Waals surface area contributed by atoms with Gasteiger partial charge in [-0.1, -0.05) is 61.2 Å². The number of rotatable bonds is 15. The number of amides is 4. The average molecular weight is 900 g/mol. The van der Waals surface area contributed by atoms with E-state index in [1.54, 1.807) is 60.5 Å². The fraction of sp³-hybridized carbons (Fsp3) is 0.304. The van der Waals surface area contributed by atoms with Crippen LogP contribution in [0.25, 0.3) is 22.3 Å². The number of hydrogen-bond donors (Lipinski definition) is 8. The number of nitrogens with zero attached hydrogens (tertiary/aromatic N) is 1. The zero-order valence-corrected chi connectivity index (χ0v) is 36.9. The summed E-state index contributed by atoms with van der Waals surface area (Å²) in [6.45, 7) is 11.5. The van der Waals surface area contributed by atoms with Gasteiger partial charge in [0.2, 0.25) is 27.7 Å². The first-order chi connectivity index (χ1) is 29.8. The molecule has 334 valence electrons. The van der Waals surface area contributed by atoms with Gasteiger partial charge in [0.15, 0.2) is 0 Å². The first-order valence-corrected chi connectivity index (χ1v) is 22.4. The minimum atomic E-state index is -3.94. The zero-order chi connectivity index (χ0) is 46.2. The van der Waals surface area contributed by atoms with Gasteiger partial charge in [-0.3, -0.25) is 19.2 Å². The lowest BCUT2D eigenvalue weighted by Gasteiger charge is -2.36. The molecule has 0 aromatic heterocycles. The molecule has 4 amide bonds. The molecule has 5 rings (SSSR count). The summed E-state index contributed by atoms with van der Waals surface area (Å²) >= 11 is 6.06. The van der Waals surface area contributed by atoms with Crippen LogP contribution in [0.1, 0.15) is 60.6 Å². The molecule has 63 heavy (non-hydrogen) atoms. The van der Waals surface area contributed by atoms with Crippen molar-refractivity contribution in [3.8, 4) is 33.8 Å². The highest BCUT2D eigenvalue weighted by Gasteiger charge is 2.34. The molecule has 17 heteroatoms. The summed E-state index contributed by atoms with van der Waals surface area (Å²) in [5.41, 5.74) is 9.69. The van der Waals surface area contributed by atoms with E-state index in [2.05, 4.69) is 34.4 Å². The molecular weight excluding hydrogens is 846 g/mol. The van der Waals surface area contributed by atoms with Crippen molar-refractivity contribution in [2.45, 2.75) is 69.7 Å². The molecule has 4 aromatic carbocycles. The summed E-state index contributed by atoms with van der Waals surface area (Å²) in [6, 6.07) is 18.2. The van der Waals surface area contributed by atoms with Crippen molar-refractivity contribution < 1.29 is 37.8 Å². The Balaban J connectivity index is 1.48. The van der Waals surface area contributed by atoms with Gasteiger partial charge >= 0.3 is 0 Å². The van der Waals surface area contributed by atoms with Crippen LogP contribution in [0.3, 0.4) is 0 Å². The average Bonchev–Trinajstić information content (AvgIpc) is 3.23. The van der Waals surface area contributed by atoms with Crippen LogP contribution < -0.4 is 32.1 Å². The van der Waals surface area contributed by atoms with E-state index in [1.165, 1.54) is 26.0 Å². The van der Waals surface area contributed by atoms with E-state index in [0.717, 1.165) is 11.1 Å². The lowest BCUT2D eigenvalue weighted by Crippen LogP contribution is -2.56. The highest BCUT2D eigenvalue weighted by molar-refractivity contribution is 7.89. The number of unbranched alkanes of at least 4 members (excludes halogenated alkanes) is 1. The number of carbonyl (C=O) groups is 4. The minimum absolute atomic E-state index is 0.102. The molecule has 4 aromatic rings. The van der Waals surface area contributed by atoms with Gasteiger partial charge in [-0.05, 0) is 116 Å². The number of primary sulfonamides is 1. The van der Waals surface area contributed by atoms with Crippen molar-refractivity contribution in [2.75, 3.05) is 19.3 Å². The molecule has 0 saturated heterocycles. The van der Waals surface area contributed by atoms with Gasteiger partial charge in [-0.2, -0.15) is 0 Å². The third kappa shape index (κ3) is 12.5. The quantitative estimate of drug-likeness (QED) is 0.0618. The number of halogens is 1. The fourth-order valence-corrected chi connectivity index (χ4v) is 8.13. The van der Waals surface area contributed by atoms with Crippen LogP contribution in [0.5, 0.6) is 11.5 Å². The van der Waals surface area contributed by atoms with Gasteiger partial charge in [0.05, 0.1) is 11.8 Å². The van der Waals surface area contributed by atoms with Crippen LogP contribution in [0, 0.1) is 0 Å². The SMILES string of the molecule is C=C(CS(N)(=O)=O)[C@H](C)NC(=O)[C@@H]1Cc2ccc(O)c(c2)-c2cc(ccc2O)[C@H](N(C)C(=C)[C@H](CCCCN)NC(=O)c2ccc(-c3ccc(Cl)cc3)cc2)C(=O)N[C@@H](C)C(=O)N1. The van der Waals surface area contributed by atoms with Crippen molar-refractivity contribution in [3.63, 3.8) is 0 Å². The second kappa shape index (κ2) is 20.8. The lowest BCUT2D eigenvalue weighted by atomic mass is 9.93. The van der Waals surface area contributed by atoms with Crippen molar-refractivity contribution in [2.24, 2.45) is 10.9 Å². The Morgan fingerprint density at radius 1 is 0.889 bits per heavy atom. The fourth-order valence-electron chi connectivity index (χ4n) is 7.24. The first-order valence-electron chi connectivity index (χ1n) is 20.3. The number of carbonyl (C=O) groups excluding carboxylic acids is 4. The Morgan fingerprint density at radius 3 is 2.11 bits per heavy atom. The van der Waals surface area contributed by atoms with Crippen molar-refractivity contribution in [3.05, 3.63) is 131 Å². The summed E-state index contributed by atoms with van der Waals surface area (Å²) < 4.78 is 23.4. The summed E-state index contributed by atoms with van der Waals surface area (Å²) in [6.07, 6.45) is 1.59. The third-order valence-electron chi connectivity index (χ3n) is 10.9. The van der Waals surface area contributed by atoms with Crippen molar-refractivity contribution in [1.82, 2.24) is 26.2 Å². The summed E-state index contributed by atoms with van der Waals surface area (Å²) in [4.78, 5) is 57.5. The van der Waals surface area contributed by atoms with E-state index in [-0.39, 0.29) is 40.5 Å². The number of likely N-dealkylation sites (N-methyl/N-ethyl adjacent to an activating group) is 1. The molecule has 1 aliphatic heterocycles. The Hall–Kier alpha value is -6.20. The monoisotopic (exact) mass is 899 g/mol. The summed E-state index contributed by atoms with van der Waals surface area (Å²) in [5, 5.41) is 39.3. The van der Waals surface area contributed by atoms with Gasteiger partial charge in [-0.25, -0.2) is 13.6 Å². The second-order valence-electron chi connectivity index (χ2n) is 15.7. The van der Waals surface area contributed by atoms with Crippen LogP contribution in [0.4, 0.5) is 0 Å². The molecule has 0 radical (unpaired) electrons. The molecular formula is C46H54ClN7O8S. The molecule has 5 atom stereocenters. The van der Waals surface area contributed by atoms with Gasteiger partial charge in [0.1, 0.15) is 29.6 Å². The van der Waals surface area contributed by atoms with Gasteiger partial charge in [-0.15, -0.1) is 0 Å². The number of nitrogens with one attached hydrogen (secondary N) is 4. The van der Waals surface area contributed by atoms with E-state index in [1.807, 2.05) is 24.3 Å². The largest absolute Gasteiger partial charge is 0.507 e. The highest BCUT2D eigenvalue weighted by Crippen LogP contribution is 2.39. The molecule has 0 spiro atoms. The van der Waals surface area contributed by atoms with Crippen LogP contribution in [0.15, 0.2) is 109 Å². The van der Waals surface area contributed by atoms with E-state index >= 15 is 0 Å². The normalized spacial score (nSPS) is 17.5. The molecule has 10 N–H and O–H groups in total. The standard InChI is InChI=1S/C46H54ClN7O8S/c1-26(25-63(49,61)62)27(2)50-45(59)39-23-30-9-19-40(55)36(22-30)37-24-34(16-20-41(37)56)42(46(60)51-28(3)43(57)53-39)54(5)29(4)38(8-6-7-21-48)52-44(58)33-12-10-31(11-13-33)32-14-17-35(47)18-15-32/h9-20,22,24,27-28,38-39,42,55-56H,1,4,6-8,21,23,25,48H2,2-3,5H3,(H,50,59)(H,51,60)(H,52,58)(H,53,57)(H2,49,61,62)/t27-,28-,38-,39-,42-/m0/s1. The Morgan fingerprint density at radius 2 is 1.49 bits per heavy atom. The highest BCUT2D eigenvalue weighted by atomic mass is 35.5. The maximum Gasteiger partial charge on any atom is 0.251 e. The number of nitrogens with two attached hydrogens (primary N) is 2. The Labute approximate surface area is 372 Å². The Kier molecular flexibility index (Phi) is 15.8. The maximum atomic E-state index is 14.5. The predicted octanol–water partition coefficient (Wildman–Crippen LogP) is 4.39. The molecule has 1 aliphatic rings. The second-order valence-corrected chi connectivity index (χ2v) is 17.8. The van der Waals surface area contributed by atoms with Crippen LogP contribution >= 0.6 is 11.6 Å². The number of sulfonamides is 1. The van der Waals surface area contributed by atoms with Gasteiger partial charge < -0.3 is 42.1 Å². The molecule has 4 bridgehead atoms. The van der Waals surface area contributed by atoms with Gasteiger partial charge in [0, 0.05) is 46.9 Å². The zero-order valence-electron chi connectivity index (χ0n) is 35.4. The van der Waals surface area contributed by atoms with E-state index < -0.39 is 63.7 Å². The van der Waals surface area contributed by atoms with Crippen LogP contribution in [0.2, 0.25) is 5.02 Å². The maximum absolute atomic E-state index is 14.5. The molecule has 0 fully saturated rings. The van der Waals surface area contributed by atoms with Crippen molar-refractivity contribution >= 4 is 45.3 Å². The number of phenolic OH excluding ortho intramolecular Hbond substituents is 2. The first kappa shape index (κ1) is 47.8. The van der Waals surface area contributed by atoms with Crippen molar-refractivity contribution in [1.29, 1.82) is 0 Å². The van der Waals surface area contributed by atoms with E-state index in [4.69, 9.17) is 22.5 Å². The van der Waals surface area contributed by atoms with E-state index in [9.17, 15) is 37.8 Å². The van der Waals surface area contributed by atoms with Crippen LogP contribution in [-0.4, -0.2) is 90.7 Å². The minimum Gasteiger partial charge on any atom is -0.507 e. The third-order valence-corrected chi connectivity index (χ3v) is 12.0. The number of phenols is 2. The van der Waals surface area contributed by atoms with Crippen LogP contribution in [-0.2, 0) is 30.8 Å². The Bertz CT molecular complexity index is 2480. The summed E-state index contributed by atoms with van der Waals surface area (Å²) in [5.74, 6) is -3.46. The molecule has 0 unspecified atom stereocenters. The molecule has 0 aliphatic carbocycles. The number of fused-ring (bicyclic) bond motifs is 5. The molecule has 1 heterocycles. The number of aromatic hydroxyl groups is 2. The summed E-state index contributed by atoms with van der Waals surface area (Å²) in [7, 11) is -2.32. The topological polar surface area (TPSA) is 246 Å². The molecule has 0 saturated carbocycles. The lowest BCUT2D eigenvalue weighted by molar-refractivity contribution is -0.133. The van der Waals surface area contributed by atoms with Gasteiger partial charge in [0.25, 0.3) is 5.91 Å². The predicted molar refractivity (Wildman–Crippen MR) is 244 cm³/mol. The van der Waals surface area contributed by atoms with E-state index in [0.29, 0.717) is 53.2 Å². The molecule has 15 nitrogen and oxygen atoms in total. The smallest absolute Gasteiger partial charge is 0.251 e.